The zero-order chi connectivity index (χ0) is 25.4. The Balaban J connectivity index is 6.34. The molecule has 0 amide bonds. The molecule has 4 nitrogen and oxygen atoms in total. The second-order valence-corrected chi connectivity index (χ2v) is 6.18. The Morgan fingerprint density at radius 3 is 1.48 bits per heavy atom. The second-order valence-electron chi connectivity index (χ2n) is 6.18. The number of rotatable bonds is 10. The van der Waals surface area contributed by atoms with E-state index in [-0.39, 0.29) is 6.08 Å². The van der Waals surface area contributed by atoms with Gasteiger partial charge in [0.05, 0.1) is 0 Å². The zero-order valence-corrected chi connectivity index (χ0v) is 14.9. The molecule has 0 fully saturated rings. The lowest BCUT2D eigenvalue weighted by Crippen LogP contribution is -2.72. The molecule has 0 radical (unpaired) electrons. The quantitative estimate of drug-likeness (QED) is 0.268. The van der Waals surface area contributed by atoms with E-state index in [4.69, 9.17) is 5.11 Å². The van der Waals surface area contributed by atoms with Crippen molar-refractivity contribution in [3.8, 4) is 0 Å². The van der Waals surface area contributed by atoms with Crippen molar-refractivity contribution in [1.29, 1.82) is 0 Å². The van der Waals surface area contributed by atoms with Crippen LogP contribution in [0.15, 0.2) is 12.2 Å². The highest BCUT2D eigenvalue weighted by Crippen LogP contribution is 2.61. The number of carbonyl (C=O) groups excluding carboxylic acids is 1. The van der Waals surface area contributed by atoms with E-state index in [0.717, 1.165) is 0 Å². The molecule has 0 aliphatic carbocycles. The fourth-order valence-electron chi connectivity index (χ4n) is 1.74. The predicted octanol–water partition coefficient (Wildman–Crippen LogP) is 4.93. The highest BCUT2D eigenvalue weighted by molar-refractivity contribution is 5.90. The number of hydrogen-bond acceptors (Lipinski definition) is 3. The van der Waals surface area contributed by atoms with Gasteiger partial charge in [-0.15, -0.1) is 0 Å². The van der Waals surface area contributed by atoms with Crippen LogP contribution in [0.5, 0.6) is 0 Å². The van der Waals surface area contributed by atoms with E-state index in [1.807, 2.05) is 0 Å². The summed E-state index contributed by atoms with van der Waals surface area (Å²) in [5.41, 5.74) is 0. The smallest absolute Gasteiger partial charge is 0.473 e. The van der Waals surface area contributed by atoms with Crippen LogP contribution >= 0.6 is 0 Å². The van der Waals surface area contributed by atoms with Gasteiger partial charge in [-0.05, 0) is 5.92 Å². The first-order valence-corrected chi connectivity index (χ1v) is 7.46. The van der Waals surface area contributed by atoms with E-state index < -0.39 is 65.8 Å². The first-order chi connectivity index (χ1) is 13.4. The number of aliphatic carboxylic acids is 1. The van der Waals surface area contributed by atoms with Crippen LogP contribution in [0.3, 0.4) is 0 Å². The Morgan fingerprint density at radius 2 is 1.13 bits per heavy atom. The molecule has 0 aromatic rings. The lowest BCUT2D eigenvalue weighted by atomic mass is 9.89. The van der Waals surface area contributed by atoms with E-state index in [1.165, 1.54) is 0 Å². The molecule has 0 spiro atoms. The molecule has 0 aromatic heterocycles. The number of alkyl halides is 13. The molecule has 0 aliphatic heterocycles. The molecule has 0 rings (SSSR count). The standard InChI is InChI=1S/C14H11F13O4/c1-5(2)8(15)9(16,17)10(18,19)11(20,21)12(22,23)13(24,25)14(26,27)31-7(30)4-3-6(28)29/h3-5,8H,1-2H3,(H,28,29). The first kappa shape index (κ1) is 28.8. The molecule has 1 atom stereocenters. The number of esters is 1. The topological polar surface area (TPSA) is 63.6 Å². The van der Waals surface area contributed by atoms with E-state index in [2.05, 4.69) is 4.74 Å². The van der Waals surface area contributed by atoms with Crippen LogP contribution in [-0.2, 0) is 14.3 Å². The van der Waals surface area contributed by atoms with Crippen LogP contribution in [0.25, 0.3) is 0 Å². The van der Waals surface area contributed by atoms with Gasteiger partial charge in [-0.1, -0.05) is 13.8 Å². The van der Waals surface area contributed by atoms with E-state index in [1.54, 1.807) is 0 Å². The van der Waals surface area contributed by atoms with Crippen LogP contribution in [0, 0.1) is 5.92 Å². The second kappa shape index (κ2) is 8.37. The number of carboxylic acids is 1. The summed E-state index contributed by atoms with van der Waals surface area (Å²) >= 11 is 0. The van der Waals surface area contributed by atoms with Gasteiger partial charge in [0.25, 0.3) is 0 Å². The van der Waals surface area contributed by atoms with Crippen molar-refractivity contribution in [2.45, 2.75) is 55.7 Å². The van der Waals surface area contributed by atoms with Crippen molar-refractivity contribution in [2.24, 2.45) is 5.92 Å². The van der Waals surface area contributed by atoms with Gasteiger partial charge in [-0.2, -0.15) is 52.7 Å². The van der Waals surface area contributed by atoms with Gasteiger partial charge in [0.15, 0.2) is 6.17 Å². The largest absolute Gasteiger partial charge is 0.478 e. The molecule has 0 aromatic carbocycles. The third kappa shape index (κ3) is 4.68. The molecule has 17 heteroatoms. The highest BCUT2D eigenvalue weighted by atomic mass is 19.4. The highest BCUT2D eigenvalue weighted by Gasteiger charge is 2.92. The van der Waals surface area contributed by atoms with Crippen molar-refractivity contribution >= 4 is 11.9 Å². The van der Waals surface area contributed by atoms with Gasteiger partial charge in [-0.3, -0.25) is 0 Å². The van der Waals surface area contributed by atoms with E-state index in [0.29, 0.717) is 13.8 Å². The maximum absolute atomic E-state index is 13.5. The van der Waals surface area contributed by atoms with Crippen LogP contribution in [0.4, 0.5) is 57.1 Å². The maximum atomic E-state index is 13.5. The zero-order valence-electron chi connectivity index (χ0n) is 14.9. The fraction of sp³-hybridized carbons (Fsp3) is 0.714. The molecule has 0 saturated heterocycles. The van der Waals surface area contributed by atoms with Crippen LogP contribution < -0.4 is 0 Å². The van der Waals surface area contributed by atoms with E-state index >= 15 is 0 Å². The summed E-state index contributed by atoms with van der Waals surface area (Å²) in [5, 5.41) is 8.07. The van der Waals surface area contributed by atoms with Crippen molar-refractivity contribution in [2.75, 3.05) is 0 Å². The molecule has 0 aliphatic rings. The minimum absolute atomic E-state index is 0.356. The van der Waals surface area contributed by atoms with Crippen molar-refractivity contribution in [3.05, 3.63) is 12.2 Å². The van der Waals surface area contributed by atoms with Crippen molar-refractivity contribution in [1.82, 2.24) is 0 Å². The monoisotopic (exact) mass is 490 g/mol. The number of carbonyl (C=O) groups is 2. The Morgan fingerprint density at radius 1 is 0.742 bits per heavy atom. The molecule has 1 N–H and O–H groups in total. The van der Waals surface area contributed by atoms with Gasteiger partial charge in [0.2, 0.25) is 0 Å². The Hall–Kier alpha value is -2.23. The Labute approximate surface area is 163 Å². The molecule has 31 heavy (non-hydrogen) atoms. The van der Waals surface area contributed by atoms with Crippen LogP contribution in [0.2, 0.25) is 0 Å². The summed E-state index contributed by atoms with van der Waals surface area (Å²) in [5.74, 6) is -45.4. The summed E-state index contributed by atoms with van der Waals surface area (Å²) in [6, 6.07) is 0. The summed E-state index contributed by atoms with van der Waals surface area (Å²) in [4.78, 5) is 20.8. The minimum atomic E-state index is -8.07. The number of hydrogen-bond donors (Lipinski definition) is 1. The number of ether oxygens (including phenoxy) is 1. The van der Waals surface area contributed by atoms with Gasteiger partial charge in [-0.25, -0.2) is 14.0 Å². The van der Waals surface area contributed by atoms with Gasteiger partial charge >= 0.3 is 47.7 Å². The average molecular weight is 490 g/mol. The minimum Gasteiger partial charge on any atom is -0.478 e. The first-order valence-electron chi connectivity index (χ1n) is 7.46. The van der Waals surface area contributed by atoms with Gasteiger partial charge < -0.3 is 9.84 Å². The number of carboxylic acid groups (broad SMARTS) is 1. The van der Waals surface area contributed by atoms with Crippen LogP contribution in [-0.4, -0.2) is 58.9 Å². The molecule has 0 bridgehead atoms. The summed E-state index contributed by atoms with van der Waals surface area (Å²) in [6.07, 6.45) is -12.3. The van der Waals surface area contributed by atoms with Crippen LogP contribution in [0.1, 0.15) is 13.8 Å². The van der Waals surface area contributed by atoms with Gasteiger partial charge in [0.1, 0.15) is 0 Å². The SMILES string of the molecule is CC(C)C(F)C(F)(F)C(F)(F)C(F)(F)C(F)(F)C(F)(F)C(F)(F)OC(=O)C=CC(=O)O. The molecular weight excluding hydrogens is 479 g/mol. The molecule has 182 valence electrons. The average Bonchev–Trinajstić information content (AvgIpc) is 2.57. The van der Waals surface area contributed by atoms with Crippen molar-refractivity contribution < 1.29 is 76.5 Å². The summed E-state index contributed by atoms with van der Waals surface area (Å²) in [7, 11) is 0. The lowest BCUT2D eigenvalue weighted by Gasteiger charge is -2.41. The van der Waals surface area contributed by atoms with E-state index in [9.17, 15) is 66.7 Å². The molecule has 0 saturated carbocycles. The Bertz CT molecular complexity index is 715. The predicted molar refractivity (Wildman–Crippen MR) is 72.3 cm³/mol. The summed E-state index contributed by atoms with van der Waals surface area (Å²) < 4.78 is 177. The normalized spacial score (nSPS) is 16.0. The molecule has 0 heterocycles. The fourth-order valence-corrected chi connectivity index (χ4v) is 1.74. The number of halogens is 13. The van der Waals surface area contributed by atoms with Crippen molar-refractivity contribution in [3.63, 3.8) is 0 Å². The third-order valence-corrected chi connectivity index (χ3v) is 3.49. The lowest BCUT2D eigenvalue weighted by molar-refractivity contribution is -0.453. The van der Waals surface area contributed by atoms with Gasteiger partial charge in [0, 0.05) is 12.2 Å². The maximum Gasteiger partial charge on any atom is 0.473 e. The Kier molecular flexibility index (Phi) is 7.77. The third-order valence-electron chi connectivity index (χ3n) is 3.49. The summed E-state index contributed by atoms with van der Waals surface area (Å²) in [6.45, 7) is 0.801. The molecular formula is C14H11F13O4. The molecule has 1 unspecified atom stereocenters.